The minimum Gasteiger partial charge on any atom is -0.328 e. The van der Waals surface area contributed by atoms with Crippen molar-refractivity contribution in [2.24, 2.45) is 11.7 Å². The number of hydrogen-bond donors (Lipinski definition) is 1. The maximum Gasteiger partial charge on any atom is 0.00361 e. The maximum atomic E-state index is 5.88. The van der Waals surface area contributed by atoms with E-state index in [0.29, 0.717) is 12.0 Å². The lowest BCUT2D eigenvalue weighted by atomic mass is 9.96. The highest BCUT2D eigenvalue weighted by Crippen LogP contribution is 2.15. The summed E-state index contributed by atoms with van der Waals surface area (Å²) in [5.74, 6) is 0.697. The first-order valence-electron chi connectivity index (χ1n) is 9.44. The van der Waals surface area contributed by atoms with Crippen LogP contribution in [-0.4, -0.2) is 6.04 Å². The summed E-state index contributed by atoms with van der Waals surface area (Å²) in [6.07, 6.45) is 20.0. The summed E-state index contributed by atoms with van der Waals surface area (Å²) in [5, 5.41) is 0. The van der Waals surface area contributed by atoms with Crippen molar-refractivity contribution in [2.75, 3.05) is 0 Å². The van der Waals surface area contributed by atoms with Crippen molar-refractivity contribution in [1.82, 2.24) is 0 Å². The molecule has 2 atom stereocenters. The number of nitrogens with two attached hydrogens (primary N) is 1. The van der Waals surface area contributed by atoms with Gasteiger partial charge < -0.3 is 5.73 Å². The first-order chi connectivity index (χ1) is 9.68. The van der Waals surface area contributed by atoms with E-state index >= 15 is 0 Å². The molecule has 0 amide bonds. The molecule has 1 heteroatoms. The Morgan fingerprint density at radius 3 is 1.30 bits per heavy atom. The zero-order valence-corrected chi connectivity index (χ0v) is 14.6. The number of unbranched alkanes of at least 4 members (excludes halogenated alkanes) is 12. The summed E-state index contributed by atoms with van der Waals surface area (Å²) in [7, 11) is 0. The van der Waals surface area contributed by atoms with E-state index in [4.69, 9.17) is 5.73 Å². The Morgan fingerprint density at radius 2 is 0.950 bits per heavy atom. The standard InChI is InChI=1S/C19H41N/c1-4-5-6-7-8-9-10-11-12-13-14-15-16-17-18(2)19(3)20/h18-19H,4-17,20H2,1-3H3. The highest BCUT2D eigenvalue weighted by Gasteiger charge is 2.06. The van der Waals surface area contributed by atoms with Crippen LogP contribution in [0.25, 0.3) is 0 Å². The van der Waals surface area contributed by atoms with E-state index in [1.807, 2.05) is 0 Å². The fraction of sp³-hybridized carbons (Fsp3) is 1.00. The van der Waals surface area contributed by atoms with Gasteiger partial charge in [-0.15, -0.1) is 0 Å². The second kappa shape index (κ2) is 15.4. The SMILES string of the molecule is CCCCCCCCCCCCCCCC(C)C(C)N. The van der Waals surface area contributed by atoms with Crippen LogP contribution in [-0.2, 0) is 0 Å². The molecule has 0 aromatic heterocycles. The van der Waals surface area contributed by atoms with Gasteiger partial charge in [-0.1, -0.05) is 97.3 Å². The Hall–Kier alpha value is -0.0400. The number of rotatable bonds is 15. The second-order valence-electron chi connectivity index (χ2n) is 6.87. The molecule has 0 rings (SSSR count). The molecule has 0 aliphatic heterocycles. The molecule has 0 heterocycles. The minimum atomic E-state index is 0.368. The van der Waals surface area contributed by atoms with Crippen LogP contribution in [0.1, 0.15) is 111 Å². The molecule has 0 aromatic carbocycles. The molecule has 0 aromatic rings. The Balaban J connectivity index is 3.03. The monoisotopic (exact) mass is 283 g/mol. The van der Waals surface area contributed by atoms with Gasteiger partial charge in [-0.05, 0) is 19.3 Å². The van der Waals surface area contributed by atoms with E-state index in [0.717, 1.165) is 0 Å². The van der Waals surface area contributed by atoms with Crippen LogP contribution in [0.3, 0.4) is 0 Å². The van der Waals surface area contributed by atoms with Crippen LogP contribution in [0.2, 0.25) is 0 Å². The lowest BCUT2D eigenvalue weighted by molar-refractivity contribution is 0.423. The van der Waals surface area contributed by atoms with Gasteiger partial charge in [-0.25, -0.2) is 0 Å². The maximum absolute atomic E-state index is 5.88. The third kappa shape index (κ3) is 14.4. The highest BCUT2D eigenvalue weighted by molar-refractivity contribution is 4.63. The van der Waals surface area contributed by atoms with E-state index in [-0.39, 0.29) is 0 Å². The zero-order valence-electron chi connectivity index (χ0n) is 14.6. The molecular weight excluding hydrogens is 242 g/mol. The lowest BCUT2D eigenvalue weighted by Crippen LogP contribution is -2.23. The van der Waals surface area contributed by atoms with Crippen LogP contribution >= 0.6 is 0 Å². The molecule has 0 spiro atoms. The first-order valence-corrected chi connectivity index (χ1v) is 9.44. The van der Waals surface area contributed by atoms with Crippen LogP contribution in [0.5, 0.6) is 0 Å². The van der Waals surface area contributed by atoms with Gasteiger partial charge in [0.05, 0.1) is 0 Å². The molecular formula is C19H41N. The molecule has 122 valence electrons. The van der Waals surface area contributed by atoms with E-state index in [1.54, 1.807) is 0 Å². The summed E-state index contributed by atoms with van der Waals surface area (Å²) in [6.45, 7) is 6.70. The van der Waals surface area contributed by atoms with Crippen molar-refractivity contribution in [3.8, 4) is 0 Å². The molecule has 2 unspecified atom stereocenters. The van der Waals surface area contributed by atoms with Crippen molar-refractivity contribution in [2.45, 2.75) is 117 Å². The normalized spacial score (nSPS) is 14.4. The van der Waals surface area contributed by atoms with Crippen LogP contribution in [0.15, 0.2) is 0 Å². The summed E-state index contributed by atoms with van der Waals surface area (Å²) >= 11 is 0. The average molecular weight is 284 g/mol. The molecule has 2 N–H and O–H groups in total. The molecule has 20 heavy (non-hydrogen) atoms. The van der Waals surface area contributed by atoms with E-state index in [1.165, 1.54) is 89.9 Å². The van der Waals surface area contributed by atoms with Crippen LogP contribution in [0.4, 0.5) is 0 Å². The third-order valence-electron chi connectivity index (χ3n) is 4.66. The van der Waals surface area contributed by atoms with Crippen LogP contribution < -0.4 is 5.73 Å². The van der Waals surface area contributed by atoms with Gasteiger partial charge in [0.25, 0.3) is 0 Å². The van der Waals surface area contributed by atoms with Gasteiger partial charge in [0.15, 0.2) is 0 Å². The zero-order chi connectivity index (χ0) is 15.1. The van der Waals surface area contributed by atoms with Crippen molar-refractivity contribution >= 4 is 0 Å². The summed E-state index contributed by atoms with van der Waals surface area (Å²) in [6, 6.07) is 0.368. The summed E-state index contributed by atoms with van der Waals surface area (Å²) < 4.78 is 0. The number of hydrogen-bond acceptors (Lipinski definition) is 1. The van der Waals surface area contributed by atoms with Gasteiger partial charge in [-0.3, -0.25) is 0 Å². The van der Waals surface area contributed by atoms with Crippen molar-refractivity contribution < 1.29 is 0 Å². The average Bonchev–Trinajstić information content (AvgIpc) is 2.43. The van der Waals surface area contributed by atoms with E-state index in [9.17, 15) is 0 Å². The molecule has 0 saturated carbocycles. The summed E-state index contributed by atoms with van der Waals surface area (Å²) in [5.41, 5.74) is 5.88. The predicted octanol–water partition coefficient (Wildman–Crippen LogP) is 6.45. The second-order valence-corrected chi connectivity index (χ2v) is 6.87. The van der Waals surface area contributed by atoms with Crippen molar-refractivity contribution in [3.63, 3.8) is 0 Å². The molecule has 0 aliphatic carbocycles. The quantitative estimate of drug-likeness (QED) is 0.343. The van der Waals surface area contributed by atoms with E-state index in [2.05, 4.69) is 20.8 Å². The molecule has 0 radical (unpaired) electrons. The predicted molar refractivity (Wildman–Crippen MR) is 93.1 cm³/mol. The molecule has 0 saturated heterocycles. The minimum absolute atomic E-state index is 0.368. The molecule has 0 fully saturated rings. The fourth-order valence-electron chi connectivity index (χ4n) is 2.75. The van der Waals surface area contributed by atoms with Gasteiger partial charge in [0.2, 0.25) is 0 Å². The Kier molecular flexibility index (Phi) is 15.3. The Bertz CT molecular complexity index is 177. The van der Waals surface area contributed by atoms with E-state index < -0.39 is 0 Å². The Morgan fingerprint density at radius 1 is 0.600 bits per heavy atom. The molecule has 0 bridgehead atoms. The molecule has 1 nitrogen and oxygen atoms in total. The van der Waals surface area contributed by atoms with Gasteiger partial charge in [0.1, 0.15) is 0 Å². The van der Waals surface area contributed by atoms with Crippen molar-refractivity contribution in [3.05, 3.63) is 0 Å². The fourth-order valence-corrected chi connectivity index (χ4v) is 2.75. The van der Waals surface area contributed by atoms with Crippen molar-refractivity contribution in [1.29, 1.82) is 0 Å². The largest absolute Gasteiger partial charge is 0.328 e. The highest BCUT2D eigenvalue weighted by atomic mass is 14.6. The van der Waals surface area contributed by atoms with Gasteiger partial charge in [0, 0.05) is 6.04 Å². The third-order valence-corrected chi connectivity index (χ3v) is 4.66. The first kappa shape index (κ1) is 20.0. The van der Waals surface area contributed by atoms with Crippen LogP contribution in [0, 0.1) is 5.92 Å². The Labute approximate surface area is 129 Å². The topological polar surface area (TPSA) is 26.0 Å². The lowest BCUT2D eigenvalue weighted by Gasteiger charge is -2.14. The smallest absolute Gasteiger partial charge is 0.00361 e. The van der Waals surface area contributed by atoms with Gasteiger partial charge in [-0.2, -0.15) is 0 Å². The summed E-state index contributed by atoms with van der Waals surface area (Å²) in [4.78, 5) is 0. The van der Waals surface area contributed by atoms with Gasteiger partial charge >= 0.3 is 0 Å². The molecule has 0 aliphatic rings.